The first-order valence-corrected chi connectivity index (χ1v) is 7.67. The van der Waals surface area contributed by atoms with Crippen LogP contribution in [0.5, 0.6) is 0 Å². The van der Waals surface area contributed by atoms with Gasteiger partial charge in [-0.1, -0.05) is 30.3 Å². The van der Waals surface area contributed by atoms with Gasteiger partial charge in [-0.3, -0.25) is 4.79 Å². The highest BCUT2D eigenvalue weighted by Gasteiger charge is 2.29. The minimum atomic E-state index is -0.868. The van der Waals surface area contributed by atoms with Crippen LogP contribution in [0, 0.1) is 0 Å². The van der Waals surface area contributed by atoms with Gasteiger partial charge in [0.25, 0.3) is 0 Å². The summed E-state index contributed by atoms with van der Waals surface area (Å²) in [6, 6.07) is 10.7. The third kappa shape index (κ3) is 4.29. The van der Waals surface area contributed by atoms with Crippen molar-refractivity contribution in [1.29, 1.82) is 0 Å². The molecule has 1 saturated heterocycles. The van der Waals surface area contributed by atoms with Crippen molar-refractivity contribution in [2.24, 2.45) is 5.73 Å². The molecule has 1 aromatic carbocycles. The Kier molecular flexibility index (Phi) is 5.37. The van der Waals surface area contributed by atoms with Gasteiger partial charge in [0, 0.05) is 6.54 Å². The van der Waals surface area contributed by atoms with Crippen LogP contribution in [-0.4, -0.2) is 43.2 Å². The van der Waals surface area contributed by atoms with Gasteiger partial charge >= 0.3 is 5.97 Å². The molecule has 0 radical (unpaired) electrons. The van der Waals surface area contributed by atoms with Crippen LogP contribution in [0.2, 0.25) is 0 Å². The molecule has 21 heavy (non-hydrogen) atoms. The second-order valence-electron chi connectivity index (χ2n) is 6.21. The van der Waals surface area contributed by atoms with Crippen molar-refractivity contribution in [2.75, 3.05) is 26.7 Å². The van der Waals surface area contributed by atoms with Crippen LogP contribution in [0.15, 0.2) is 30.3 Å². The molecule has 2 rings (SSSR count). The second-order valence-corrected chi connectivity index (χ2v) is 6.21. The van der Waals surface area contributed by atoms with Crippen molar-refractivity contribution in [3.63, 3.8) is 0 Å². The smallest absolute Gasteiger partial charge is 0.325 e. The highest BCUT2D eigenvalue weighted by molar-refractivity contribution is 5.79. The number of ether oxygens (including phenoxy) is 1. The van der Waals surface area contributed by atoms with E-state index in [1.54, 1.807) is 6.92 Å². The van der Waals surface area contributed by atoms with E-state index in [4.69, 9.17) is 10.5 Å². The lowest BCUT2D eigenvalue weighted by Gasteiger charge is -2.23. The van der Waals surface area contributed by atoms with Crippen molar-refractivity contribution >= 4 is 5.97 Å². The van der Waals surface area contributed by atoms with Crippen LogP contribution in [-0.2, 0) is 9.53 Å². The Labute approximate surface area is 127 Å². The largest absolute Gasteiger partial charge is 0.468 e. The summed E-state index contributed by atoms with van der Waals surface area (Å²) in [4.78, 5) is 14.0. The molecular formula is C17H26N2O2. The van der Waals surface area contributed by atoms with Crippen LogP contribution < -0.4 is 5.73 Å². The Hall–Kier alpha value is -1.39. The van der Waals surface area contributed by atoms with E-state index >= 15 is 0 Å². The van der Waals surface area contributed by atoms with E-state index in [0.29, 0.717) is 12.3 Å². The molecule has 116 valence electrons. The number of hydrogen-bond donors (Lipinski definition) is 1. The molecule has 0 amide bonds. The number of methoxy groups -OCH3 is 1. The van der Waals surface area contributed by atoms with Crippen molar-refractivity contribution in [3.05, 3.63) is 35.9 Å². The third-order valence-electron chi connectivity index (χ3n) is 4.37. The van der Waals surface area contributed by atoms with Crippen molar-refractivity contribution in [3.8, 4) is 0 Å². The molecule has 2 unspecified atom stereocenters. The van der Waals surface area contributed by atoms with E-state index in [1.165, 1.54) is 19.1 Å². The van der Waals surface area contributed by atoms with E-state index in [1.807, 2.05) is 0 Å². The fourth-order valence-corrected chi connectivity index (χ4v) is 3.04. The third-order valence-corrected chi connectivity index (χ3v) is 4.37. The van der Waals surface area contributed by atoms with Crippen LogP contribution in [0.3, 0.4) is 0 Å². The van der Waals surface area contributed by atoms with E-state index in [-0.39, 0.29) is 5.97 Å². The maximum Gasteiger partial charge on any atom is 0.325 e. The minimum Gasteiger partial charge on any atom is -0.468 e. The molecule has 1 aliphatic rings. The van der Waals surface area contributed by atoms with Crippen molar-refractivity contribution in [2.45, 2.75) is 37.6 Å². The number of carbonyl (C=O) groups excluding carboxylic acids is 1. The first-order valence-electron chi connectivity index (χ1n) is 7.67. The number of esters is 1. The lowest BCUT2D eigenvalue weighted by Crippen LogP contribution is -2.46. The number of likely N-dealkylation sites (tertiary alicyclic amines) is 1. The fourth-order valence-electron chi connectivity index (χ4n) is 3.04. The highest BCUT2D eigenvalue weighted by atomic mass is 16.5. The van der Waals surface area contributed by atoms with Gasteiger partial charge in [-0.25, -0.2) is 0 Å². The van der Waals surface area contributed by atoms with Gasteiger partial charge in [0.2, 0.25) is 0 Å². The Morgan fingerprint density at radius 1 is 1.43 bits per heavy atom. The number of hydrogen-bond acceptors (Lipinski definition) is 4. The Morgan fingerprint density at radius 2 is 2.14 bits per heavy atom. The summed E-state index contributed by atoms with van der Waals surface area (Å²) >= 11 is 0. The molecule has 1 heterocycles. The summed E-state index contributed by atoms with van der Waals surface area (Å²) in [5.74, 6) is 0.308. The van der Waals surface area contributed by atoms with E-state index in [0.717, 1.165) is 26.1 Å². The quantitative estimate of drug-likeness (QED) is 0.816. The molecule has 2 atom stereocenters. The zero-order chi connectivity index (χ0) is 15.3. The van der Waals surface area contributed by atoms with Crippen LogP contribution in [0.1, 0.15) is 37.7 Å². The molecule has 0 aromatic heterocycles. The van der Waals surface area contributed by atoms with Crippen LogP contribution >= 0.6 is 0 Å². The molecule has 4 nitrogen and oxygen atoms in total. The van der Waals surface area contributed by atoms with Crippen LogP contribution in [0.25, 0.3) is 0 Å². The van der Waals surface area contributed by atoms with Gasteiger partial charge in [-0.05, 0) is 50.8 Å². The maximum atomic E-state index is 11.5. The maximum absolute atomic E-state index is 11.5. The molecule has 1 fully saturated rings. The molecule has 2 N–H and O–H groups in total. The van der Waals surface area contributed by atoms with Gasteiger partial charge in [0.05, 0.1) is 7.11 Å². The molecule has 0 bridgehead atoms. The summed E-state index contributed by atoms with van der Waals surface area (Å²) in [6.07, 6.45) is 2.79. The number of carbonyl (C=O) groups is 1. The van der Waals surface area contributed by atoms with E-state index < -0.39 is 5.54 Å². The summed E-state index contributed by atoms with van der Waals surface area (Å²) < 4.78 is 4.73. The minimum absolute atomic E-state index is 0.328. The first kappa shape index (κ1) is 16.0. The Balaban J connectivity index is 1.75. The lowest BCUT2D eigenvalue weighted by atomic mass is 9.97. The van der Waals surface area contributed by atoms with Gasteiger partial charge in [0.1, 0.15) is 5.54 Å². The standard InChI is InChI=1S/C17H26N2O2/c1-17(18,16(20)21-2)10-6-11-19-12-9-15(13-19)14-7-4-3-5-8-14/h3-5,7-8,15H,6,9-13,18H2,1-2H3. The topological polar surface area (TPSA) is 55.6 Å². The zero-order valence-corrected chi connectivity index (χ0v) is 13.0. The predicted octanol–water partition coefficient (Wildman–Crippen LogP) is 2.15. The average molecular weight is 290 g/mol. The Bertz CT molecular complexity index is 459. The lowest BCUT2D eigenvalue weighted by molar-refractivity contribution is -0.146. The zero-order valence-electron chi connectivity index (χ0n) is 13.0. The molecule has 0 aliphatic carbocycles. The number of rotatable bonds is 6. The molecule has 1 aromatic rings. The predicted molar refractivity (Wildman–Crippen MR) is 84.1 cm³/mol. The van der Waals surface area contributed by atoms with E-state index in [2.05, 4.69) is 35.2 Å². The van der Waals surface area contributed by atoms with Gasteiger partial charge in [-0.2, -0.15) is 0 Å². The second kappa shape index (κ2) is 7.05. The number of nitrogens with zero attached hydrogens (tertiary/aromatic N) is 1. The summed E-state index contributed by atoms with van der Waals surface area (Å²) in [7, 11) is 1.39. The van der Waals surface area contributed by atoms with Gasteiger partial charge in [-0.15, -0.1) is 0 Å². The van der Waals surface area contributed by atoms with E-state index in [9.17, 15) is 4.79 Å². The normalized spacial score (nSPS) is 22.0. The summed E-state index contributed by atoms with van der Waals surface area (Å²) in [5, 5.41) is 0. The van der Waals surface area contributed by atoms with Gasteiger partial charge in [0.15, 0.2) is 0 Å². The highest BCUT2D eigenvalue weighted by Crippen LogP contribution is 2.27. The summed E-state index contributed by atoms with van der Waals surface area (Å²) in [5.41, 5.74) is 6.54. The fraction of sp³-hybridized carbons (Fsp3) is 0.588. The molecule has 0 saturated carbocycles. The van der Waals surface area contributed by atoms with Crippen LogP contribution in [0.4, 0.5) is 0 Å². The molecule has 0 spiro atoms. The molecular weight excluding hydrogens is 264 g/mol. The van der Waals surface area contributed by atoms with Crippen molar-refractivity contribution in [1.82, 2.24) is 4.90 Å². The molecule has 1 aliphatic heterocycles. The number of benzene rings is 1. The molecule has 4 heteroatoms. The average Bonchev–Trinajstić information content (AvgIpc) is 2.96. The Morgan fingerprint density at radius 3 is 2.81 bits per heavy atom. The first-order chi connectivity index (χ1) is 10.0. The van der Waals surface area contributed by atoms with Gasteiger partial charge < -0.3 is 15.4 Å². The monoisotopic (exact) mass is 290 g/mol. The number of nitrogens with two attached hydrogens (primary N) is 1. The summed E-state index contributed by atoms with van der Waals surface area (Å²) in [6.45, 7) is 4.96. The van der Waals surface area contributed by atoms with Crippen molar-refractivity contribution < 1.29 is 9.53 Å². The SMILES string of the molecule is COC(=O)C(C)(N)CCCN1CCC(c2ccccc2)C1.